The highest BCUT2D eigenvalue weighted by Crippen LogP contribution is 2.21. The smallest absolute Gasteiger partial charge is 0.261 e. The van der Waals surface area contributed by atoms with Crippen LogP contribution in [0.3, 0.4) is 0 Å². The lowest BCUT2D eigenvalue weighted by Gasteiger charge is -2.03. The van der Waals surface area contributed by atoms with Gasteiger partial charge in [-0.2, -0.15) is 0 Å². The Balaban J connectivity index is 2.13. The molecule has 0 aliphatic rings. The second kappa shape index (κ2) is 9.84. The Morgan fingerprint density at radius 3 is 2.68 bits per heavy atom. The molecule has 0 saturated carbocycles. The van der Waals surface area contributed by atoms with Crippen molar-refractivity contribution >= 4 is 17.2 Å². The van der Waals surface area contributed by atoms with Gasteiger partial charge in [-0.25, -0.2) is 0 Å². The number of hydrogen-bond donors (Lipinski definition) is 1. The van der Waals surface area contributed by atoms with E-state index in [0.717, 1.165) is 23.6 Å². The van der Waals surface area contributed by atoms with Gasteiger partial charge in [0.1, 0.15) is 5.75 Å². The molecule has 0 fully saturated rings. The quantitative estimate of drug-likeness (QED) is 0.652. The highest BCUT2D eigenvalue weighted by molar-refractivity contribution is 7.12. The molecule has 4 heteroatoms. The van der Waals surface area contributed by atoms with E-state index in [1.54, 1.807) is 0 Å². The fraction of sp³-hybridized carbons (Fsp3) is 0.667. The molecular formula is C15H25NO2S. The van der Waals surface area contributed by atoms with Gasteiger partial charge in [0.15, 0.2) is 0 Å². The number of carbonyl (C=O) groups excluding carboxylic acids is 1. The highest BCUT2D eigenvalue weighted by atomic mass is 32.1. The van der Waals surface area contributed by atoms with Crippen LogP contribution in [0.2, 0.25) is 0 Å². The largest absolute Gasteiger partial charge is 0.493 e. The second-order valence-electron chi connectivity index (χ2n) is 4.60. The summed E-state index contributed by atoms with van der Waals surface area (Å²) in [5, 5.41) is 4.84. The Morgan fingerprint density at radius 1 is 1.21 bits per heavy atom. The third-order valence-electron chi connectivity index (χ3n) is 2.93. The number of hydrogen-bond acceptors (Lipinski definition) is 3. The van der Waals surface area contributed by atoms with Crippen molar-refractivity contribution in [2.45, 2.75) is 52.4 Å². The van der Waals surface area contributed by atoms with Gasteiger partial charge in [0.25, 0.3) is 5.91 Å². The number of carbonyl (C=O) groups is 1. The molecule has 19 heavy (non-hydrogen) atoms. The van der Waals surface area contributed by atoms with Crippen LogP contribution in [0.5, 0.6) is 5.75 Å². The van der Waals surface area contributed by atoms with E-state index in [2.05, 4.69) is 12.2 Å². The van der Waals surface area contributed by atoms with E-state index in [4.69, 9.17) is 4.74 Å². The minimum atomic E-state index is 0.0181. The van der Waals surface area contributed by atoms with Gasteiger partial charge in [-0.1, -0.05) is 39.0 Å². The third-order valence-corrected chi connectivity index (χ3v) is 3.83. The number of ether oxygens (including phenoxy) is 1. The Labute approximate surface area is 120 Å². The Hall–Kier alpha value is -1.03. The molecule has 0 aliphatic heterocycles. The van der Waals surface area contributed by atoms with Crippen LogP contribution in [-0.4, -0.2) is 19.1 Å². The summed E-state index contributed by atoms with van der Waals surface area (Å²) in [5.74, 6) is 0.807. The van der Waals surface area contributed by atoms with Gasteiger partial charge in [0.05, 0.1) is 11.5 Å². The van der Waals surface area contributed by atoms with Crippen LogP contribution in [0.4, 0.5) is 0 Å². The van der Waals surface area contributed by atoms with Gasteiger partial charge in [-0.05, 0) is 13.3 Å². The molecule has 1 rings (SSSR count). The zero-order chi connectivity index (χ0) is 13.9. The van der Waals surface area contributed by atoms with Crippen LogP contribution in [0.15, 0.2) is 11.4 Å². The van der Waals surface area contributed by atoms with Crippen LogP contribution >= 0.6 is 11.3 Å². The van der Waals surface area contributed by atoms with Crippen molar-refractivity contribution in [1.29, 1.82) is 0 Å². The normalized spacial score (nSPS) is 10.4. The van der Waals surface area contributed by atoms with Gasteiger partial charge >= 0.3 is 0 Å². The van der Waals surface area contributed by atoms with E-state index in [-0.39, 0.29) is 5.91 Å². The molecule has 0 bridgehead atoms. The van der Waals surface area contributed by atoms with Gasteiger partial charge in [-0.3, -0.25) is 4.79 Å². The molecule has 1 amide bonds. The van der Waals surface area contributed by atoms with Crippen molar-refractivity contribution in [2.24, 2.45) is 0 Å². The van der Waals surface area contributed by atoms with Crippen LogP contribution in [0, 0.1) is 0 Å². The summed E-state index contributed by atoms with van der Waals surface area (Å²) in [6.07, 6.45) is 7.46. The summed E-state index contributed by atoms with van der Waals surface area (Å²) in [6, 6.07) is 1.81. The molecular weight excluding hydrogens is 258 g/mol. The monoisotopic (exact) mass is 283 g/mol. The highest BCUT2D eigenvalue weighted by Gasteiger charge is 2.08. The first-order valence-electron chi connectivity index (χ1n) is 7.27. The first-order valence-corrected chi connectivity index (χ1v) is 8.15. The second-order valence-corrected chi connectivity index (χ2v) is 5.51. The van der Waals surface area contributed by atoms with Crippen molar-refractivity contribution in [1.82, 2.24) is 5.32 Å². The summed E-state index contributed by atoms with van der Waals surface area (Å²) in [6.45, 7) is 5.57. The zero-order valence-corrected chi connectivity index (χ0v) is 12.9. The molecule has 0 aromatic carbocycles. The maximum absolute atomic E-state index is 11.8. The lowest BCUT2D eigenvalue weighted by molar-refractivity contribution is 0.0956. The number of thiophene rings is 1. The fourth-order valence-electron chi connectivity index (χ4n) is 1.87. The maximum Gasteiger partial charge on any atom is 0.261 e. The lowest BCUT2D eigenvalue weighted by atomic mass is 10.1. The van der Waals surface area contributed by atoms with Crippen molar-refractivity contribution in [3.63, 3.8) is 0 Å². The van der Waals surface area contributed by atoms with Crippen LogP contribution in [0.1, 0.15) is 62.0 Å². The molecule has 1 heterocycles. The minimum Gasteiger partial charge on any atom is -0.493 e. The zero-order valence-electron chi connectivity index (χ0n) is 12.0. The molecule has 1 aromatic rings. The van der Waals surface area contributed by atoms with E-state index >= 15 is 0 Å². The first kappa shape index (κ1) is 16.0. The molecule has 108 valence electrons. The summed E-state index contributed by atoms with van der Waals surface area (Å²) in [5.41, 5.74) is 0. The third kappa shape index (κ3) is 6.62. The van der Waals surface area contributed by atoms with E-state index < -0.39 is 0 Å². The topological polar surface area (TPSA) is 38.3 Å². The van der Waals surface area contributed by atoms with Crippen LogP contribution < -0.4 is 10.1 Å². The molecule has 0 radical (unpaired) electrons. The Bertz CT molecular complexity index is 363. The number of rotatable bonds is 10. The van der Waals surface area contributed by atoms with Crippen molar-refractivity contribution in [3.05, 3.63) is 16.3 Å². The molecule has 1 aromatic heterocycles. The maximum atomic E-state index is 11.8. The van der Waals surface area contributed by atoms with E-state index in [0.29, 0.717) is 6.61 Å². The van der Waals surface area contributed by atoms with Gasteiger partial charge in [-0.15, -0.1) is 11.3 Å². The molecule has 0 aliphatic carbocycles. The number of nitrogens with one attached hydrogen (secondary N) is 1. The minimum absolute atomic E-state index is 0.0181. The lowest BCUT2D eigenvalue weighted by Crippen LogP contribution is -2.23. The van der Waals surface area contributed by atoms with Crippen molar-refractivity contribution in [2.75, 3.05) is 13.2 Å². The standard InChI is InChI=1S/C15H25NO2S/c1-3-5-6-7-8-9-10-16-15(17)14-11-13(12-19-14)18-4-2/h11-12H,3-10H2,1-2H3,(H,16,17). The molecule has 3 nitrogen and oxygen atoms in total. The van der Waals surface area contributed by atoms with Crippen molar-refractivity contribution in [3.8, 4) is 5.75 Å². The average molecular weight is 283 g/mol. The fourth-order valence-corrected chi connectivity index (χ4v) is 2.62. The summed E-state index contributed by atoms with van der Waals surface area (Å²) in [7, 11) is 0. The summed E-state index contributed by atoms with van der Waals surface area (Å²) < 4.78 is 5.35. The number of amides is 1. The molecule has 0 atom stereocenters. The van der Waals surface area contributed by atoms with Gasteiger partial charge in [0.2, 0.25) is 0 Å². The van der Waals surface area contributed by atoms with Gasteiger partial charge < -0.3 is 10.1 Å². The predicted molar refractivity (Wildman–Crippen MR) is 81.2 cm³/mol. The summed E-state index contributed by atoms with van der Waals surface area (Å²) >= 11 is 1.44. The Kier molecular flexibility index (Phi) is 8.30. The molecule has 1 N–H and O–H groups in total. The van der Waals surface area contributed by atoms with Crippen LogP contribution in [0.25, 0.3) is 0 Å². The average Bonchev–Trinajstić information content (AvgIpc) is 2.87. The predicted octanol–water partition coefficient (Wildman–Crippen LogP) is 4.24. The van der Waals surface area contributed by atoms with Crippen LogP contribution in [-0.2, 0) is 0 Å². The number of unbranched alkanes of at least 4 members (excludes halogenated alkanes) is 5. The SMILES string of the molecule is CCCCCCCCNC(=O)c1cc(OCC)cs1. The molecule has 0 saturated heterocycles. The Morgan fingerprint density at radius 2 is 1.95 bits per heavy atom. The van der Waals surface area contributed by atoms with E-state index in [9.17, 15) is 4.79 Å². The summed E-state index contributed by atoms with van der Waals surface area (Å²) in [4.78, 5) is 12.6. The molecule has 0 spiro atoms. The van der Waals surface area contributed by atoms with Gasteiger partial charge in [0, 0.05) is 18.0 Å². The molecule has 0 unspecified atom stereocenters. The van der Waals surface area contributed by atoms with E-state index in [1.807, 2.05) is 18.4 Å². The first-order chi connectivity index (χ1) is 9.27. The van der Waals surface area contributed by atoms with E-state index in [1.165, 1.54) is 43.4 Å². The van der Waals surface area contributed by atoms with Crippen molar-refractivity contribution < 1.29 is 9.53 Å².